The number of likely N-dealkylation sites (N-methyl/N-ethyl adjacent to an activating group) is 2. The quantitative estimate of drug-likeness (QED) is 0.0488. The number of aliphatic hydroxyl groups is 6. The van der Waals surface area contributed by atoms with Crippen molar-refractivity contribution in [2.75, 3.05) is 33.9 Å². The second-order valence-electron chi connectivity index (χ2n) is 33.8. The summed E-state index contributed by atoms with van der Waals surface area (Å²) < 4.78 is 75.1. The smallest absolute Gasteiger partial charge is 0.264 e. The number of ether oxygens (including phenoxy) is 7. The maximum absolute atomic E-state index is 16.7. The Morgan fingerprint density at radius 2 is 1.29 bits per heavy atom. The number of carbonyl (C=O) groups is 8. The van der Waals surface area contributed by atoms with Crippen molar-refractivity contribution in [3.8, 4) is 62.9 Å². The van der Waals surface area contributed by atoms with Crippen molar-refractivity contribution in [1.29, 1.82) is 0 Å². The number of aromatic hydroxyl groups is 3. The lowest BCUT2D eigenvalue weighted by Gasteiger charge is -2.54. The Balaban J connectivity index is 0.968. The van der Waals surface area contributed by atoms with E-state index in [1.807, 2.05) is 4.72 Å². The van der Waals surface area contributed by atoms with Crippen molar-refractivity contribution < 1.29 is 126 Å². The molecule has 4 aliphatic carbocycles. The number of benzene rings is 6. The third-order valence-corrected chi connectivity index (χ3v) is 26.3. The highest BCUT2D eigenvalue weighted by Crippen LogP contribution is 2.55. The minimum absolute atomic E-state index is 0.0440. The van der Waals surface area contributed by atoms with Crippen LogP contribution in [0.5, 0.6) is 51.7 Å². The average Bonchev–Trinajstić information content (AvgIpc) is 0.773. The molecular formula is C85H101Cl2N11O26S. The number of aliphatic hydroxyl groups excluding tert-OH is 6. The number of hydrogen-bond donors (Lipinski definition) is 20. The molecule has 37 nitrogen and oxygen atoms in total. The zero-order valence-electron chi connectivity index (χ0n) is 68.6. The van der Waals surface area contributed by atoms with Crippen molar-refractivity contribution in [2.24, 2.45) is 35.3 Å². The molecule has 0 unspecified atom stereocenters. The Kier molecular flexibility index (Phi) is 27.2. The molecule has 672 valence electrons. The van der Waals surface area contributed by atoms with Crippen LogP contribution in [0.1, 0.15) is 137 Å². The minimum Gasteiger partial charge on any atom is -0.508 e. The molecular weight excluding hydrogens is 1690 g/mol. The number of phenolic OH excluding ortho intramolecular Hbond substituents is 3. The normalized spacial score (nSPS) is 30.5. The highest BCUT2D eigenvalue weighted by atomic mass is 35.5. The molecule has 0 aromatic heterocycles. The summed E-state index contributed by atoms with van der Waals surface area (Å²) in [6, 6.07) is 3.99. The summed E-state index contributed by atoms with van der Waals surface area (Å²) in [6.45, 7) is 6.19. The fourth-order valence-corrected chi connectivity index (χ4v) is 19.6. The number of fused-ring (bicyclic) bond motifs is 15. The Labute approximate surface area is 727 Å². The lowest BCUT2D eigenvalue weighted by atomic mass is 9.54. The molecule has 2 saturated heterocycles. The molecule has 7 heterocycles. The largest absolute Gasteiger partial charge is 0.508 e. The fourth-order valence-electron chi connectivity index (χ4n) is 18.1. The summed E-state index contributed by atoms with van der Waals surface area (Å²) in [4.78, 5) is 124. The van der Waals surface area contributed by atoms with E-state index in [-0.39, 0.29) is 76.5 Å². The van der Waals surface area contributed by atoms with Gasteiger partial charge in [-0.05, 0) is 203 Å². The van der Waals surface area contributed by atoms with E-state index in [1.54, 1.807) is 20.9 Å². The predicted octanol–water partition coefficient (Wildman–Crippen LogP) is 2.58. The molecule has 6 aromatic carbocycles. The summed E-state index contributed by atoms with van der Waals surface area (Å²) in [5.74, 6) is -14.3. The van der Waals surface area contributed by atoms with Gasteiger partial charge in [0.25, 0.3) is 10.0 Å². The number of amides is 8. The van der Waals surface area contributed by atoms with Gasteiger partial charge in [0, 0.05) is 41.7 Å². The third-order valence-electron chi connectivity index (χ3n) is 24.3. The molecule has 40 heteroatoms. The SMILES string of the molecule is CNCCOc1ccc(S(=O)(=O)NC(=O)C[C@@H]2NC(=O)[C@H](NC(=O)[C@@H](CC(C)C)NC)[C@H](O)c3ccc(c(Cl)c3)Oc3cc4cc(c3O[C@@H]3O[C@H](CO)[C@@H](O)[C@H](O)[C@H]3O[C@H]3C[C@](C)(N)[C@H](O)[C@H](C)O3)Oc3ccc(cc3Cl)[C@@H](O)[C@@H]3NC(=O)[C@H](NC(=O)[C@@H]4NC2=O)c2ccc(O)c(c2)-c2c(O)cc(O)cc2[C@@H](C(=O)NC2C4CC5CC(C4)CC2C5)NC3=O)cc1. The molecule has 17 rings (SSSR count). The van der Waals surface area contributed by atoms with Crippen molar-refractivity contribution in [3.05, 3.63) is 141 Å². The van der Waals surface area contributed by atoms with Crippen LogP contribution in [0.2, 0.25) is 10.0 Å². The van der Waals surface area contributed by atoms with Crippen molar-refractivity contribution >= 4 is 80.5 Å². The molecule has 8 amide bonds. The van der Waals surface area contributed by atoms with Crippen LogP contribution in [0.4, 0.5) is 0 Å². The molecule has 18 atom stereocenters. The van der Waals surface area contributed by atoms with Crippen LogP contribution in [0, 0.1) is 29.6 Å². The van der Waals surface area contributed by atoms with Gasteiger partial charge in [-0.2, -0.15) is 0 Å². The highest BCUT2D eigenvalue weighted by Gasteiger charge is 2.53. The summed E-state index contributed by atoms with van der Waals surface area (Å²) in [7, 11) is -1.79. The monoisotopic (exact) mass is 1790 g/mol. The van der Waals surface area contributed by atoms with Gasteiger partial charge in [0.1, 0.15) is 108 Å². The van der Waals surface area contributed by atoms with Crippen LogP contribution in [0.3, 0.4) is 0 Å². The maximum Gasteiger partial charge on any atom is 0.264 e. The van der Waals surface area contributed by atoms with E-state index in [2.05, 4.69) is 47.9 Å². The van der Waals surface area contributed by atoms with E-state index in [9.17, 15) is 64.0 Å². The molecule has 6 aromatic rings. The number of sulfonamides is 1. The Hall–Kier alpha value is -10.3. The first kappa shape index (κ1) is 91.0. The number of rotatable bonds is 20. The van der Waals surface area contributed by atoms with Gasteiger partial charge < -0.3 is 133 Å². The number of phenols is 3. The van der Waals surface area contributed by atoms with Gasteiger partial charge in [-0.1, -0.05) is 55.2 Å². The van der Waals surface area contributed by atoms with Crippen molar-refractivity contribution in [3.63, 3.8) is 0 Å². The molecule has 125 heavy (non-hydrogen) atoms. The van der Waals surface area contributed by atoms with E-state index < -0.39 is 252 Å². The molecule has 0 spiro atoms. The van der Waals surface area contributed by atoms with Gasteiger partial charge in [0.15, 0.2) is 23.9 Å². The van der Waals surface area contributed by atoms with Gasteiger partial charge in [0.2, 0.25) is 59.3 Å². The third kappa shape index (κ3) is 19.5. The molecule has 11 aliphatic rings. The van der Waals surface area contributed by atoms with Crippen LogP contribution >= 0.6 is 23.2 Å². The van der Waals surface area contributed by atoms with Gasteiger partial charge in [0.05, 0.1) is 46.2 Å². The zero-order chi connectivity index (χ0) is 89.7. The molecule has 7 aliphatic heterocycles. The molecule has 4 saturated carbocycles. The molecule has 6 fully saturated rings. The number of nitrogens with two attached hydrogens (primary N) is 1. The van der Waals surface area contributed by atoms with Crippen LogP contribution in [-0.2, 0) is 62.6 Å². The van der Waals surface area contributed by atoms with Crippen LogP contribution in [0.25, 0.3) is 11.1 Å². The van der Waals surface area contributed by atoms with Gasteiger partial charge in [-0.25, -0.2) is 13.1 Å². The first-order valence-electron chi connectivity index (χ1n) is 41.1. The maximum atomic E-state index is 16.7. The lowest BCUT2D eigenvalue weighted by molar-refractivity contribution is -0.333. The second-order valence-corrected chi connectivity index (χ2v) is 36.3. The van der Waals surface area contributed by atoms with E-state index in [0.717, 1.165) is 105 Å². The zero-order valence-corrected chi connectivity index (χ0v) is 70.9. The molecule has 21 N–H and O–H groups in total. The first-order valence-corrected chi connectivity index (χ1v) is 43.3. The summed E-state index contributed by atoms with van der Waals surface area (Å²) in [6.07, 6.45) is -15.0. The highest BCUT2D eigenvalue weighted by molar-refractivity contribution is 7.90. The van der Waals surface area contributed by atoms with E-state index in [1.165, 1.54) is 51.2 Å². The first-order chi connectivity index (χ1) is 59.4. The topological polar surface area (TPSA) is 564 Å². The average molecular weight is 1800 g/mol. The predicted molar refractivity (Wildman–Crippen MR) is 443 cm³/mol. The summed E-state index contributed by atoms with van der Waals surface area (Å²) in [5, 5.41) is 130. The van der Waals surface area contributed by atoms with Crippen molar-refractivity contribution in [2.45, 2.75) is 199 Å². The Bertz CT molecular complexity index is 5220. The van der Waals surface area contributed by atoms with E-state index >= 15 is 28.8 Å². The Morgan fingerprint density at radius 3 is 1.90 bits per heavy atom. The number of carbonyl (C=O) groups excluding carboxylic acids is 8. The fraction of sp³-hybridized carbons (Fsp3) is 0.482. The summed E-state index contributed by atoms with van der Waals surface area (Å²) in [5.41, 5.74) is 2.71. The molecule has 0 radical (unpaired) electrons. The standard InChI is InChI=1S/C85H101Cl2N11O26S/c1-35(2)19-52(90-6)77(109)96-68-70(104)40-8-15-56(50(86)26-40)120-58-28-44-29-59(74(58)124-84-75(73(107)72(106)60(34-99)122-84)123-62-33-85(4,88)76(108)36(3)119-62)121-57-16-9-41(27-51(57)87)71(105)69-83(115)95-67(81(113)92-64-42-21-37-20-38(23-42)24-43(64)22-37)49-30-45(100)31-55(102)63(49)48-25-39(7-14-54(48)101)65(79(111)97-69)94-80(112)66(44)93-78(110)53(91-82(68)114)32-61(103)98-125(116,117)47-12-10-46(11-13-47)118-18-17-89-5/h7-16,25-31,35-38,42-43,52-53,60,62,64-73,75-76,84,89-90,99-102,104-108H,17-24,32-34,88H2,1-6H3,(H,91,114)(H,92,113)(H,93,110)(H,94,112)(H,95,115)(H,96,109)(H,97,111)(H,98,103)/t36-,37?,38?,42?,43?,52+,53-,60+,62-,64?,65+,66+,67-,68+,69-,70+,71+,72+,73-,75+,76+,84-,85-/m0/s1. The van der Waals surface area contributed by atoms with E-state index in [0.29, 0.717) is 18.4 Å². The molecule has 15 bridgehead atoms. The van der Waals surface area contributed by atoms with Crippen LogP contribution in [-0.4, -0.2) is 220 Å². The van der Waals surface area contributed by atoms with Crippen LogP contribution in [0.15, 0.2) is 108 Å². The van der Waals surface area contributed by atoms with Gasteiger partial charge >= 0.3 is 0 Å². The van der Waals surface area contributed by atoms with Gasteiger partial charge in [-0.15, -0.1) is 0 Å². The number of nitrogens with one attached hydrogen (secondary N) is 10. The van der Waals surface area contributed by atoms with E-state index in [4.69, 9.17) is 62.1 Å². The second kappa shape index (κ2) is 37.3. The number of halogens is 2. The van der Waals surface area contributed by atoms with Crippen molar-refractivity contribution in [1.82, 2.24) is 52.6 Å². The lowest BCUT2D eigenvalue weighted by Crippen LogP contribution is -2.64. The minimum atomic E-state index is -4.93. The van der Waals surface area contributed by atoms with Gasteiger partial charge in [-0.3, -0.25) is 38.4 Å². The Morgan fingerprint density at radius 1 is 0.672 bits per heavy atom. The van der Waals surface area contributed by atoms with Crippen LogP contribution < -0.4 is 77.3 Å². The number of hydrogen-bond acceptors (Lipinski definition) is 29. The summed E-state index contributed by atoms with van der Waals surface area (Å²) >= 11 is 14.5.